The summed E-state index contributed by atoms with van der Waals surface area (Å²) in [5.74, 6) is 0.700. The number of nitrogens with zero attached hydrogens (tertiary/aromatic N) is 6. The number of aromatic nitrogens is 2. The summed E-state index contributed by atoms with van der Waals surface area (Å²) in [6, 6.07) is 0. The number of amides is 1. The van der Waals surface area contributed by atoms with Gasteiger partial charge in [-0.1, -0.05) is 0 Å². The highest BCUT2D eigenvalue weighted by molar-refractivity contribution is 5.98. The molecule has 3 rings (SSSR count). The van der Waals surface area contributed by atoms with E-state index in [0.717, 1.165) is 5.69 Å². The van der Waals surface area contributed by atoms with Crippen molar-refractivity contribution in [1.29, 1.82) is 0 Å². The topological polar surface area (TPSA) is 69.0 Å². The van der Waals surface area contributed by atoms with Gasteiger partial charge in [-0.25, -0.2) is 0 Å². The number of aryl methyl sites for hydroxylation is 1. The smallest absolute Gasteiger partial charge is 0.357 e. The highest BCUT2D eigenvalue weighted by atomic mass is 19.4. The van der Waals surface area contributed by atoms with Gasteiger partial charge in [-0.05, 0) is 25.8 Å². The quantitative estimate of drug-likeness (QED) is 0.572. The van der Waals surface area contributed by atoms with E-state index in [2.05, 4.69) is 15.4 Å². The van der Waals surface area contributed by atoms with Crippen molar-refractivity contribution < 1.29 is 18.0 Å². The minimum Gasteiger partial charge on any atom is -0.357 e. The molecule has 0 spiro atoms. The summed E-state index contributed by atoms with van der Waals surface area (Å²) in [5.41, 5.74) is 0.773. The molecule has 0 bridgehead atoms. The first-order chi connectivity index (χ1) is 13.7. The summed E-state index contributed by atoms with van der Waals surface area (Å²) in [5, 5.41) is 7.31. The molecule has 1 aromatic heterocycles. The number of alkyl halides is 3. The number of rotatable bonds is 5. The molecule has 1 unspecified atom stereocenters. The molecule has 0 radical (unpaired) electrons. The summed E-state index contributed by atoms with van der Waals surface area (Å²) in [4.78, 5) is 22.3. The fourth-order valence-corrected chi connectivity index (χ4v) is 3.78. The van der Waals surface area contributed by atoms with Gasteiger partial charge in [-0.2, -0.15) is 18.3 Å². The lowest BCUT2D eigenvalue weighted by Gasteiger charge is -2.35. The number of anilines is 1. The van der Waals surface area contributed by atoms with Crippen LogP contribution in [0.25, 0.3) is 0 Å². The van der Waals surface area contributed by atoms with E-state index in [1.165, 1.54) is 4.90 Å². The third-order valence-corrected chi connectivity index (χ3v) is 5.13. The minimum atomic E-state index is -4.17. The molecule has 1 aromatic rings. The number of carbonyl (C=O) groups excluding carboxylic acids is 1. The fraction of sp³-hybridized carbons (Fsp3) is 0.722. The third kappa shape index (κ3) is 5.84. The Bertz CT molecular complexity index is 733. The molecule has 1 amide bonds. The fourth-order valence-electron chi connectivity index (χ4n) is 3.78. The largest absolute Gasteiger partial charge is 0.401 e. The van der Waals surface area contributed by atoms with Crippen molar-refractivity contribution in [2.75, 3.05) is 57.3 Å². The molecule has 2 aliphatic rings. The van der Waals surface area contributed by atoms with E-state index in [1.807, 2.05) is 11.8 Å². The summed E-state index contributed by atoms with van der Waals surface area (Å²) < 4.78 is 39.3. The number of aliphatic imine (C=N–C) groups is 1. The van der Waals surface area contributed by atoms with Crippen molar-refractivity contribution >= 4 is 17.6 Å². The van der Waals surface area contributed by atoms with Crippen LogP contribution in [-0.2, 0) is 11.8 Å². The molecule has 162 valence electrons. The van der Waals surface area contributed by atoms with Crippen molar-refractivity contribution in [3.63, 3.8) is 0 Å². The van der Waals surface area contributed by atoms with Crippen molar-refractivity contribution in [3.05, 3.63) is 12.4 Å². The van der Waals surface area contributed by atoms with Gasteiger partial charge in [0.25, 0.3) is 0 Å². The highest BCUT2D eigenvalue weighted by Gasteiger charge is 2.34. The predicted molar refractivity (Wildman–Crippen MR) is 104 cm³/mol. The number of guanidine groups is 1. The van der Waals surface area contributed by atoms with E-state index in [9.17, 15) is 18.0 Å². The summed E-state index contributed by atoms with van der Waals surface area (Å²) >= 11 is 0. The van der Waals surface area contributed by atoms with Crippen molar-refractivity contribution in [2.45, 2.75) is 19.5 Å². The summed E-state index contributed by atoms with van der Waals surface area (Å²) in [6.45, 7) is 4.38. The van der Waals surface area contributed by atoms with Crippen LogP contribution in [0, 0.1) is 5.92 Å². The molecule has 2 saturated heterocycles. The Morgan fingerprint density at radius 3 is 2.76 bits per heavy atom. The Hall–Kier alpha value is -2.30. The van der Waals surface area contributed by atoms with Crippen LogP contribution in [-0.4, -0.2) is 90.0 Å². The summed E-state index contributed by atoms with van der Waals surface area (Å²) in [6.07, 6.45) is 0.00733. The van der Waals surface area contributed by atoms with Gasteiger partial charge in [-0.15, -0.1) is 0 Å². The predicted octanol–water partition coefficient (Wildman–Crippen LogP) is 0.918. The number of likely N-dealkylation sites (tertiary alicyclic amines) is 1. The standard InChI is InChI=1S/C18H28F3N7O/c1-3-22-17(23-8-14-4-5-26(10-14)13-18(19,20)21)27-6-7-28(16(29)12-27)15-9-24-25(2)11-15/h9,11,14H,3-8,10,12-13H2,1-2H3,(H,22,23). The van der Waals surface area contributed by atoms with E-state index in [0.29, 0.717) is 51.6 Å². The SMILES string of the molecule is CCNC(=NCC1CCN(CC(F)(F)F)C1)N1CCN(c2cnn(C)c2)C(=O)C1. The van der Waals surface area contributed by atoms with Crippen molar-refractivity contribution in [1.82, 2.24) is 24.9 Å². The van der Waals surface area contributed by atoms with E-state index in [1.54, 1.807) is 29.0 Å². The Balaban J connectivity index is 1.56. The maximum Gasteiger partial charge on any atom is 0.401 e. The van der Waals surface area contributed by atoms with Gasteiger partial charge in [0.2, 0.25) is 5.91 Å². The normalized spacial score (nSPS) is 21.9. The van der Waals surface area contributed by atoms with Gasteiger partial charge >= 0.3 is 6.18 Å². The van der Waals surface area contributed by atoms with E-state index in [4.69, 9.17) is 0 Å². The maximum atomic E-state index is 12.6. The number of halogens is 3. The van der Waals surface area contributed by atoms with E-state index >= 15 is 0 Å². The molecule has 29 heavy (non-hydrogen) atoms. The average Bonchev–Trinajstić information content (AvgIpc) is 3.26. The number of carbonyl (C=O) groups is 1. The zero-order chi connectivity index (χ0) is 21.0. The molecule has 2 aliphatic heterocycles. The second-order valence-corrected chi connectivity index (χ2v) is 7.54. The van der Waals surface area contributed by atoms with Crippen molar-refractivity contribution in [3.8, 4) is 0 Å². The van der Waals surface area contributed by atoms with Crippen LogP contribution in [0.4, 0.5) is 18.9 Å². The number of hydrogen-bond acceptors (Lipinski definition) is 4. The van der Waals surface area contributed by atoms with Crippen LogP contribution < -0.4 is 10.2 Å². The van der Waals surface area contributed by atoms with Crippen LogP contribution in [0.5, 0.6) is 0 Å². The van der Waals surface area contributed by atoms with Gasteiger partial charge in [0.05, 0.1) is 18.4 Å². The Morgan fingerprint density at radius 1 is 1.34 bits per heavy atom. The Morgan fingerprint density at radius 2 is 2.14 bits per heavy atom. The second kappa shape index (κ2) is 9.02. The molecule has 1 atom stereocenters. The van der Waals surface area contributed by atoms with Crippen molar-refractivity contribution in [2.24, 2.45) is 18.0 Å². The van der Waals surface area contributed by atoms with Gasteiger partial charge in [0, 0.05) is 46.0 Å². The molecule has 2 fully saturated rings. The number of nitrogens with one attached hydrogen (secondary N) is 1. The second-order valence-electron chi connectivity index (χ2n) is 7.54. The lowest BCUT2D eigenvalue weighted by molar-refractivity contribution is -0.143. The molecule has 0 saturated carbocycles. The van der Waals surface area contributed by atoms with Crippen LogP contribution in [0.2, 0.25) is 0 Å². The lowest BCUT2D eigenvalue weighted by atomic mass is 10.1. The van der Waals surface area contributed by atoms with Gasteiger partial charge in [0.1, 0.15) is 6.54 Å². The molecular formula is C18H28F3N7O. The molecule has 1 N–H and O–H groups in total. The monoisotopic (exact) mass is 415 g/mol. The van der Waals surface area contributed by atoms with Crippen LogP contribution in [0.15, 0.2) is 17.4 Å². The molecular weight excluding hydrogens is 387 g/mol. The zero-order valence-electron chi connectivity index (χ0n) is 16.8. The van der Waals surface area contributed by atoms with Gasteiger partial charge in [-0.3, -0.25) is 19.4 Å². The third-order valence-electron chi connectivity index (χ3n) is 5.13. The van der Waals surface area contributed by atoms with Gasteiger partial charge in [0.15, 0.2) is 5.96 Å². The first-order valence-electron chi connectivity index (χ1n) is 9.86. The number of hydrogen-bond donors (Lipinski definition) is 1. The Kier molecular flexibility index (Phi) is 6.66. The average molecular weight is 415 g/mol. The number of piperazine rings is 1. The molecule has 3 heterocycles. The zero-order valence-corrected chi connectivity index (χ0v) is 16.8. The molecule has 0 aromatic carbocycles. The van der Waals surface area contributed by atoms with Crippen LogP contribution in [0.1, 0.15) is 13.3 Å². The molecule has 11 heteroatoms. The van der Waals surface area contributed by atoms with E-state index in [-0.39, 0.29) is 18.4 Å². The first-order valence-corrected chi connectivity index (χ1v) is 9.86. The summed E-state index contributed by atoms with van der Waals surface area (Å²) in [7, 11) is 1.80. The van der Waals surface area contributed by atoms with Gasteiger partial charge < -0.3 is 15.1 Å². The lowest BCUT2D eigenvalue weighted by Crippen LogP contribution is -2.55. The molecule has 0 aliphatic carbocycles. The van der Waals surface area contributed by atoms with Crippen LogP contribution in [0.3, 0.4) is 0 Å². The van der Waals surface area contributed by atoms with Crippen LogP contribution >= 0.6 is 0 Å². The maximum absolute atomic E-state index is 12.6. The van der Waals surface area contributed by atoms with E-state index < -0.39 is 12.7 Å². The minimum absolute atomic E-state index is 0.0351. The molecule has 8 nitrogen and oxygen atoms in total. The Labute approximate surface area is 168 Å². The highest BCUT2D eigenvalue weighted by Crippen LogP contribution is 2.23. The first kappa shape index (κ1) is 21.4.